The van der Waals surface area contributed by atoms with Crippen molar-refractivity contribution >= 4 is 11.9 Å². The Bertz CT molecular complexity index is 536. The van der Waals surface area contributed by atoms with Gasteiger partial charge in [0.2, 0.25) is 5.91 Å². The van der Waals surface area contributed by atoms with Crippen LogP contribution in [0.15, 0.2) is 24.3 Å². The van der Waals surface area contributed by atoms with Gasteiger partial charge in [-0.2, -0.15) is 0 Å². The first-order valence-electron chi connectivity index (χ1n) is 6.34. The van der Waals surface area contributed by atoms with Gasteiger partial charge in [0.1, 0.15) is 11.9 Å². The molecule has 1 aromatic rings. The molecule has 19 heavy (non-hydrogen) atoms. The largest absolute Gasteiger partial charge is 0.480 e. The second-order valence-corrected chi connectivity index (χ2v) is 5.23. The van der Waals surface area contributed by atoms with Crippen molar-refractivity contribution in [3.8, 4) is 0 Å². The van der Waals surface area contributed by atoms with E-state index in [1.807, 2.05) is 0 Å². The van der Waals surface area contributed by atoms with Gasteiger partial charge in [0.15, 0.2) is 0 Å². The molecule has 0 aromatic heterocycles. The zero-order valence-corrected chi connectivity index (χ0v) is 10.3. The van der Waals surface area contributed by atoms with Crippen molar-refractivity contribution in [1.29, 1.82) is 0 Å². The fourth-order valence-electron chi connectivity index (χ4n) is 2.68. The van der Waals surface area contributed by atoms with Crippen LogP contribution in [0.3, 0.4) is 0 Å². The van der Waals surface area contributed by atoms with Crippen molar-refractivity contribution in [3.63, 3.8) is 0 Å². The van der Waals surface area contributed by atoms with Gasteiger partial charge < -0.3 is 10.0 Å². The Morgan fingerprint density at radius 2 is 1.89 bits per heavy atom. The number of amides is 1. The first-order chi connectivity index (χ1) is 9.04. The van der Waals surface area contributed by atoms with E-state index in [-0.39, 0.29) is 11.7 Å². The second-order valence-electron chi connectivity index (χ2n) is 5.23. The van der Waals surface area contributed by atoms with Gasteiger partial charge in [-0.15, -0.1) is 0 Å². The number of nitrogens with zero attached hydrogens (tertiary/aromatic N) is 1. The molecule has 1 aliphatic heterocycles. The van der Waals surface area contributed by atoms with Gasteiger partial charge in [0.25, 0.3) is 0 Å². The summed E-state index contributed by atoms with van der Waals surface area (Å²) in [5.41, 5.74) is 0.178. The molecule has 1 aliphatic carbocycles. The highest BCUT2D eigenvalue weighted by Crippen LogP contribution is 2.50. The van der Waals surface area contributed by atoms with Gasteiger partial charge in [-0.25, -0.2) is 9.18 Å². The standard InChI is InChI=1S/C14H14FNO3/c15-10-3-1-9(2-4-10)14(6-7-14)13(19)16-8-5-11(16)12(17)18/h1-4,11H,5-8H2,(H,17,18)/t11-/m0/s1. The lowest BCUT2D eigenvalue weighted by Gasteiger charge is -2.40. The number of likely N-dealkylation sites (tertiary alicyclic amines) is 1. The van der Waals surface area contributed by atoms with Crippen molar-refractivity contribution in [3.05, 3.63) is 35.6 Å². The smallest absolute Gasteiger partial charge is 0.326 e. The van der Waals surface area contributed by atoms with E-state index in [1.165, 1.54) is 17.0 Å². The first kappa shape index (κ1) is 12.1. The molecule has 100 valence electrons. The number of carboxylic acids is 1. The third-order valence-corrected chi connectivity index (χ3v) is 4.12. The van der Waals surface area contributed by atoms with Crippen LogP contribution in [0.2, 0.25) is 0 Å². The van der Waals surface area contributed by atoms with E-state index in [1.54, 1.807) is 12.1 Å². The number of halogens is 1. The van der Waals surface area contributed by atoms with Crippen LogP contribution < -0.4 is 0 Å². The summed E-state index contributed by atoms with van der Waals surface area (Å²) in [6.07, 6.45) is 1.93. The summed E-state index contributed by atoms with van der Waals surface area (Å²) in [6.45, 7) is 0.499. The van der Waals surface area contributed by atoms with E-state index < -0.39 is 17.4 Å². The number of carbonyl (C=O) groups excluding carboxylic acids is 1. The zero-order chi connectivity index (χ0) is 13.6. The van der Waals surface area contributed by atoms with Gasteiger partial charge in [-0.05, 0) is 37.0 Å². The van der Waals surface area contributed by atoms with Gasteiger partial charge >= 0.3 is 5.97 Å². The lowest BCUT2D eigenvalue weighted by atomic mass is 9.91. The number of hydrogen-bond donors (Lipinski definition) is 1. The maximum absolute atomic E-state index is 12.9. The Morgan fingerprint density at radius 1 is 1.26 bits per heavy atom. The highest BCUT2D eigenvalue weighted by molar-refractivity contribution is 5.95. The van der Waals surface area contributed by atoms with E-state index in [2.05, 4.69) is 0 Å². The Labute approximate surface area is 109 Å². The molecule has 5 heteroatoms. The Morgan fingerprint density at radius 3 is 2.32 bits per heavy atom. The SMILES string of the molecule is O=C(O)[C@@H]1CCN1C(=O)C1(c2ccc(F)cc2)CC1. The summed E-state index contributed by atoms with van der Waals surface area (Å²) in [5.74, 6) is -1.41. The molecule has 1 aromatic carbocycles. The summed E-state index contributed by atoms with van der Waals surface area (Å²) in [6, 6.07) is 5.23. The van der Waals surface area contributed by atoms with Crippen molar-refractivity contribution < 1.29 is 19.1 Å². The first-order valence-corrected chi connectivity index (χ1v) is 6.34. The molecule has 0 bridgehead atoms. The summed E-state index contributed by atoms with van der Waals surface area (Å²) in [4.78, 5) is 24.9. The fraction of sp³-hybridized carbons (Fsp3) is 0.429. The lowest BCUT2D eigenvalue weighted by Crippen LogP contribution is -2.57. The van der Waals surface area contributed by atoms with Crippen LogP contribution in [0.5, 0.6) is 0 Å². The molecule has 4 nitrogen and oxygen atoms in total. The molecule has 0 unspecified atom stereocenters. The minimum Gasteiger partial charge on any atom is -0.480 e. The molecule has 2 fully saturated rings. The van der Waals surface area contributed by atoms with Gasteiger partial charge in [0.05, 0.1) is 5.41 Å². The van der Waals surface area contributed by atoms with Crippen LogP contribution in [0.4, 0.5) is 4.39 Å². The molecular weight excluding hydrogens is 249 g/mol. The zero-order valence-electron chi connectivity index (χ0n) is 10.3. The normalized spacial score (nSPS) is 23.6. The number of carboxylic acid groups (broad SMARTS) is 1. The number of rotatable bonds is 3. The van der Waals surface area contributed by atoms with Crippen molar-refractivity contribution in [2.24, 2.45) is 0 Å². The molecule has 1 amide bonds. The quantitative estimate of drug-likeness (QED) is 0.900. The predicted octanol–water partition coefficient (Wildman–Crippen LogP) is 1.54. The molecule has 3 rings (SSSR count). The van der Waals surface area contributed by atoms with E-state index in [4.69, 9.17) is 5.11 Å². The average Bonchev–Trinajstić information content (AvgIpc) is 3.08. The predicted molar refractivity (Wildman–Crippen MR) is 65.1 cm³/mol. The monoisotopic (exact) mass is 263 g/mol. The summed E-state index contributed by atoms with van der Waals surface area (Å²) >= 11 is 0. The third-order valence-electron chi connectivity index (χ3n) is 4.12. The summed E-state index contributed by atoms with van der Waals surface area (Å²) < 4.78 is 12.9. The molecular formula is C14H14FNO3. The van der Waals surface area contributed by atoms with Crippen LogP contribution >= 0.6 is 0 Å². The highest BCUT2D eigenvalue weighted by atomic mass is 19.1. The Kier molecular flexibility index (Phi) is 2.59. The second kappa shape index (κ2) is 4.05. The van der Waals surface area contributed by atoms with E-state index in [0.29, 0.717) is 25.8 Å². The lowest BCUT2D eigenvalue weighted by molar-refractivity contribution is -0.158. The molecule has 0 radical (unpaired) electrons. The third kappa shape index (κ3) is 1.80. The fourth-order valence-corrected chi connectivity index (χ4v) is 2.68. The minimum atomic E-state index is -0.950. The molecule has 1 atom stereocenters. The number of benzene rings is 1. The number of hydrogen-bond acceptors (Lipinski definition) is 2. The Hall–Kier alpha value is -1.91. The molecule has 1 heterocycles. The molecule has 2 aliphatic rings. The minimum absolute atomic E-state index is 0.127. The summed E-state index contributed by atoms with van der Waals surface area (Å²) in [7, 11) is 0. The van der Waals surface area contributed by atoms with Crippen molar-refractivity contribution in [2.45, 2.75) is 30.7 Å². The molecule has 1 saturated heterocycles. The molecule has 1 N–H and O–H groups in total. The van der Waals surface area contributed by atoms with Gasteiger partial charge in [-0.1, -0.05) is 12.1 Å². The number of aliphatic carboxylic acids is 1. The average molecular weight is 263 g/mol. The van der Waals surface area contributed by atoms with Crippen LogP contribution in [-0.2, 0) is 15.0 Å². The van der Waals surface area contributed by atoms with Crippen LogP contribution in [0.25, 0.3) is 0 Å². The van der Waals surface area contributed by atoms with Crippen LogP contribution in [-0.4, -0.2) is 34.5 Å². The van der Waals surface area contributed by atoms with Crippen LogP contribution in [0, 0.1) is 5.82 Å². The summed E-state index contributed by atoms with van der Waals surface area (Å²) in [5, 5.41) is 9.00. The molecule has 0 spiro atoms. The van der Waals surface area contributed by atoms with E-state index >= 15 is 0 Å². The van der Waals surface area contributed by atoms with Crippen LogP contribution in [0.1, 0.15) is 24.8 Å². The van der Waals surface area contributed by atoms with Gasteiger partial charge in [-0.3, -0.25) is 4.79 Å². The molecule has 1 saturated carbocycles. The van der Waals surface area contributed by atoms with Crippen molar-refractivity contribution in [1.82, 2.24) is 4.90 Å². The van der Waals surface area contributed by atoms with E-state index in [9.17, 15) is 14.0 Å². The van der Waals surface area contributed by atoms with Crippen molar-refractivity contribution in [2.75, 3.05) is 6.54 Å². The van der Waals surface area contributed by atoms with E-state index in [0.717, 1.165) is 5.56 Å². The maximum atomic E-state index is 12.9. The topological polar surface area (TPSA) is 57.6 Å². The van der Waals surface area contributed by atoms with Gasteiger partial charge in [0, 0.05) is 6.54 Å². The number of carbonyl (C=O) groups is 2. The maximum Gasteiger partial charge on any atom is 0.326 e. The highest BCUT2D eigenvalue weighted by Gasteiger charge is 2.56. The Balaban J connectivity index is 1.83.